The van der Waals surface area contributed by atoms with Crippen LogP contribution in [0.25, 0.3) is 0 Å². The number of rotatable bonds is 6. The van der Waals surface area contributed by atoms with E-state index in [1.54, 1.807) is 0 Å². The van der Waals surface area contributed by atoms with Crippen LogP contribution in [-0.2, 0) is 13.3 Å². The Morgan fingerprint density at radius 2 is 1.57 bits per heavy atom. The van der Waals surface area contributed by atoms with Crippen molar-refractivity contribution in [3.05, 3.63) is 0 Å². The van der Waals surface area contributed by atoms with Crippen molar-refractivity contribution in [2.24, 2.45) is 0 Å². The summed E-state index contributed by atoms with van der Waals surface area (Å²) in [6.45, 7) is 8.84. The fourth-order valence-corrected chi connectivity index (χ4v) is 3.17. The SMILES string of the molecule is CCO[Si](C)(OCC)OC(=S)CC.[Li]. The zero-order valence-electron chi connectivity index (χ0n) is 9.75. The van der Waals surface area contributed by atoms with Crippen molar-refractivity contribution in [3.8, 4) is 0 Å². The number of hydrogen-bond acceptors (Lipinski definition) is 4. The van der Waals surface area contributed by atoms with E-state index in [-0.39, 0.29) is 18.9 Å². The summed E-state index contributed by atoms with van der Waals surface area (Å²) in [5, 5.41) is 0.566. The minimum atomic E-state index is -2.47. The Balaban J connectivity index is 0. The Kier molecular flexibility index (Phi) is 10.8. The first-order chi connectivity index (χ1) is 6.08. The molecule has 0 saturated heterocycles. The fraction of sp³-hybridized carbons (Fsp3) is 0.875. The Hall–Kier alpha value is 0.624. The molecule has 0 aromatic rings. The van der Waals surface area contributed by atoms with Crippen molar-refractivity contribution in [2.75, 3.05) is 13.2 Å². The quantitative estimate of drug-likeness (QED) is 0.514. The molecule has 0 spiro atoms. The number of hydrogen-bond donors (Lipinski definition) is 0. The van der Waals surface area contributed by atoms with Gasteiger partial charge in [-0.05, 0) is 26.1 Å². The van der Waals surface area contributed by atoms with E-state index in [0.29, 0.717) is 18.3 Å². The van der Waals surface area contributed by atoms with Crippen LogP contribution in [0.3, 0.4) is 0 Å². The molecule has 0 aliphatic rings. The first kappa shape index (κ1) is 17.0. The second-order valence-corrected chi connectivity index (χ2v) is 5.52. The van der Waals surface area contributed by atoms with Gasteiger partial charge in [-0.15, -0.1) is 0 Å². The summed E-state index contributed by atoms with van der Waals surface area (Å²) < 4.78 is 16.4. The van der Waals surface area contributed by atoms with E-state index in [1.807, 2.05) is 27.3 Å². The third-order valence-corrected chi connectivity index (χ3v) is 4.16. The molecule has 0 aliphatic carbocycles. The molecule has 0 heterocycles. The van der Waals surface area contributed by atoms with E-state index < -0.39 is 8.80 Å². The largest absolute Gasteiger partial charge is 0.563 e. The van der Waals surface area contributed by atoms with Gasteiger partial charge in [0.1, 0.15) is 5.05 Å². The van der Waals surface area contributed by atoms with Crippen LogP contribution in [0.2, 0.25) is 6.55 Å². The van der Waals surface area contributed by atoms with Crippen molar-refractivity contribution in [3.63, 3.8) is 0 Å². The van der Waals surface area contributed by atoms with Crippen LogP contribution in [0.5, 0.6) is 0 Å². The van der Waals surface area contributed by atoms with Crippen molar-refractivity contribution < 1.29 is 13.3 Å². The molecule has 0 aromatic heterocycles. The number of thiocarbonyl (C=S) groups is 1. The van der Waals surface area contributed by atoms with Crippen molar-refractivity contribution in [2.45, 2.75) is 33.7 Å². The van der Waals surface area contributed by atoms with Crippen LogP contribution >= 0.6 is 12.2 Å². The van der Waals surface area contributed by atoms with Gasteiger partial charge < -0.3 is 13.3 Å². The van der Waals surface area contributed by atoms with Crippen LogP contribution in [0, 0.1) is 0 Å². The fourth-order valence-electron chi connectivity index (χ4n) is 0.904. The molecule has 0 unspecified atom stereocenters. The molecule has 0 fully saturated rings. The molecule has 0 N–H and O–H groups in total. The van der Waals surface area contributed by atoms with Gasteiger partial charge in [0.05, 0.1) is 0 Å². The van der Waals surface area contributed by atoms with E-state index in [1.165, 1.54) is 0 Å². The molecule has 6 heteroatoms. The van der Waals surface area contributed by atoms with Gasteiger partial charge in [-0.25, -0.2) is 0 Å². The third kappa shape index (κ3) is 6.99. The van der Waals surface area contributed by atoms with Crippen LogP contribution in [-0.4, -0.2) is 45.9 Å². The van der Waals surface area contributed by atoms with Crippen molar-refractivity contribution >= 4 is 44.9 Å². The maximum absolute atomic E-state index is 5.49. The molecule has 0 atom stereocenters. The molecule has 0 aromatic carbocycles. The second-order valence-electron chi connectivity index (χ2n) is 2.56. The summed E-state index contributed by atoms with van der Waals surface area (Å²) in [5.41, 5.74) is 0. The molecule has 14 heavy (non-hydrogen) atoms. The van der Waals surface area contributed by atoms with E-state index in [2.05, 4.69) is 0 Å². The Morgan fingerprint density at radius 1 is 1.14 bits per heavy atom. The molecular formula is C8H18LiO3SSi. The van der Waals surface area contributed by atoms with Gasteiger partial charge in [-0.1, -0.05) is 6.92 Å². The summed E-state index contributed by atoms with van der Waals surface area (Å²) in [6.07, 6.45) is 0.720. The van der Waals surface area contributed by atoms with Gasteiger partial charge in [0.2, 0.25) is 0 Å². The van der Waals surface area contributed by atoms with Gasteiger partial charge in [-0.2, -0.15) is 0 Å². The molecule has 3 nitrogen and oxygen atoms in total. The van der Waals surface area contributed by atoms with Gasteiger partial charge in [0.25, 0.3) is 0 Å². The Labute approximate surface area is 105 Å². The average molecular weight is 229 g/mol. The third-order valence-electron chi connectivity index (χ3n) is 1.40. The summed E-state index contributed by atoms with van der Waals surface area (Å²) in [7, 11) is -2.47. The predicted molar refractivity (Wildman–Crippen MR) is 64.6 cm³/mol. The minimum Gasteiger partial charge on any atom is -0.495 e. The maximum atomic E-state index is 5.49. The first-order valence-electron chi connectivity index (χ1n) is 4.57. The van der Waals surface area contributed by atoms with E-state index >= 15 is 0 Å². The topological polar surface area (TPSA) is 27.7 Å². The van der Waals surface area contributed by atoms with Crippen LogP contribution < -0.4 is 0 Å². The zero-order valence-corrected chi connectivity index (χ0v) is 11.6. The van der Waals surface area contributed by atoms with Gasteiger partial charge in [0, 0.05) is 45.0 Å². The molecule has 0 aliphatic heterocycles. The molecule has 79 valence electrons. The molecular weight excluding hydrogens is 211 g/mol. The Morgan fingerprint density at radius 3 is 1.86 bits per heavy atom. The molecule has 0 bridgehead atoms. The summed E-state index contributed by atoms with van der Waals surface area (Å²) in [4.78, 5) is 0. The monoisotopic (exact) mass is 229 g/mol. The summed E-state index contributed by atoms with van der Waals surface area (Å²) in [5.74, 6) is 0. The van der Waals surface area contributed by atoms with E-state index in [0.717, 1.165) is 6.42 Å². The van der Waals surface area contributed by atoms with Crippen LogP contribution in [0.4, 0.5) is 0 Å². The normalized spacial score (nSPS) is 10.6. The average Bonchev–Trinajstić information content (AvgIpc) is 2.04. The maximum Gasteiger partial charge on any atom is 0.563 e. The first-order valence-corrected chi connectivity index (χ1v) is 7.21. The van der Waals surface area contributed by atoms with E-state index in [4.69, 9.17) is 25.5 Å². The summed E-state index contributed by atoms with van der Waals surface area (Å²) in [6, 6.07) is 0. The van der Waals surface area contributed by atoms with Crippen LogP contribution in [0.1, 0.15) is 27.2 Å². The molecule has 0 rings (SSSR count). The smallest absolute Gasteiger partial charge is 0.495 e. The van der Waals surface area contributed by atoms with E-state index in [9.17, 15) is 0 Å². The molecule has 0 amide bonds. The van der Waals surface area contributed by atoms with Crippen molar-refractivity contribution in [1.82, 2.24) is 0 Å². The zero-order chi connectivity index (χ0) is 10.3. The second kappa shape index (κ2) is 8.89. The minimum absolute atomic E-state index is 0. The van der Waals surface area contributed by atoms with Gasteiger partial charge in [0.15, 0.2) is 0 Å². The van der Waals surface area contributed by atoms with Crippen molar-refractivity contribution in [1.29, 1.82) is 0 Å². The van der Waals surface area contributed by atoms with Crippen LogP contribution in [0.15, 0.2) is 0 Å². The van der Waals surface area contributed by atoms with Gasteiger partial charge in [-0.3, -0.25) is 0 Å². The Bertz CT molecular complexity index is 163. The van der Waals surface area contributed by atoms with Gasteiger partial charge >= 0.3 is 8.80 Å². The molecule has 0 saturated carbocycles. The standard InChI is InChI=1S/C8H18O3SSi.Li/c1-5-8(12)11-13(4,9-6-2)10-7-3;/h5-7H2,1-4H3;. The summed E-state index contributed by atoms with van der Waals surface area (Å²) >= 11 is 4.98. The molecule has 1 radical (unpaired) electrons. The predicted octanol–water partition coefficient (Wildman–Crippen LogP) is 2.00.